The predicted molar refractivity (Wildman–Crippen MR) is 174 cm³/mol. The van der Waals surface area contributed by atoms with Crippen molar-refractivity contribution >= 4 is 11.7 Å². The van der Waals surface area contributed by atoms with Crippen LogP contribution in [0.5, 0.6) is 0 Å². The molecule has 0 bridgehead atoms. The minimum atomic E-state index is -0.228. The lowest BCUT2D eigenvalue weighted by molar-refractivity contribution is 0.0272. The number of amides is 1. The van der Waals surface area contributed by atoms with Crippen LogP contribution in [0.2, 0.25) is 0 Å². The summed E-state index contributed by atoms with van der Waals surface area (Å²) in [5, 5.41) is 10.9. The van der Waals surface area contributed by atoms with Gasteiger partial charge in [0.15, 0.2) is 0 Å². The normalized spacial score (nSPS) is 22.2. The zero-order valence-electron chi connectivity index (χ0n) is 25.9. The molecular weight excluding hydrogens is 550 g/mol. The van der Waals surface area contributed by atoms with Crippen LogP contribution < -0.4 is 16.4 Å². The summed E-state index contributed by atoms with van der Waals surface area (Å²) in [6, 6.07) is 20.3. The van der Waals surface area contributed by atoms with Crippen molar-refractivity contribution in [2.24, 2.45) is 7.05 Å². The first kappa shape index (κ1) is 30.0. The summed E-state index contributed by atoms with van der Waals surface area (Å²) < 4.78 is 8.05. The van der Waals surface area contributed by atoms with Crippen molar-refractivity contribution in [1.82, 2.24) is 30.3 Å². The lowest BCUT2D eigenvalue weighted by Crippen LogP contribution is -2.53. The number of piperazine rings is 1. The minimum absolute atomic E-state index is 0.0525. The maximum Gasteiger partial charge on any atom is 0.255 e. The molecule has 4 aromatic rings. The van der Waals surface area contributed by atoms with Gasteiger partial charge in [-0.3, -0.25) is 14.4 Å². The number of hydrogen-bond donors (Lipinski definition) is 3. The number of nitrogen functional groups attached to an aromatic ring is 1. The number of anilines is 1. The molecule has 2 aromatic carbocycles. The molecule has 9 heteroatoms. The highest BCUT2D eigenvalue weighted by molar-refractivity contribution is 5.99. The van der Waals surface area contributed by atoms with Crippen LogP contribution in [-0.4, -0.2) is 62.9 Å². The summed E-state index contributed by atoms with van der Waals surface area (Å²) in [7, 11) is 1.85. The van der Waals surface area contributed by atoms with Crippen LogP contribution in [0.25, 0.3) is 22.3 Å². The van der Waals surface area contributed by atoms with Gasteiger partial charge in [0.05, 0.1) is 30.5 Å². The van der Waals surface area contributed by atoms with Crippen molar-refractivity contribution in [2.45, 2.75) is 70.5 Å². The third-order valence-corrected chi connectivity index (χ3v) is 8.95. The number of hydrogen-bond acceptors (Lipinski definition) is 7. The highest BCUT2D eigenvalue weighted by Crippen LogP contribution is 2.27. The molecule has 1 aliphatic heterocycles. The standard InChI is InChI=1S/C35H43N7O2/c1-23-19-42(24(2)16-37-23)20-25-7-11-27(12-8-25)28-13-9-26(10-14-28)22-44-33-6-4-5-32(33)40-35(43)31-15-29(17-38-34(31)36)30-18-39-41(3)21-30/h7-15,17-18,21,23-24,32-33,37H,4-6,16,19-20,22H2,1-3H3,(H2,36,38)(H,40,43)/t23-,24?,32-,33-/m0/s1. The molecule has 0 spiro atoms. The van der Waals surface area contributed by atoms with Crippen LogP contribution in [0.4, 0.5) is 5.82 Å². The van der Waals surface area contributed by atoms with E-state index < -0.39 is 0 Å². The lowest BCUT2D eigenvalue weighted by atomic mass is 10.0. The first-order valence-corrected chi connectivity index (χ1v) is 15.6. The Hall–Kier alpha value is -4.05. The molecule has 1 saturated heterocycles. The Morgan fingerprint density at radius 2 is 1.73 bits per heavy atom. The van der Waals surface area contributed by atoms with Gasteiger partial charge in [0.1, 0.15) is 5.82 Å². The van der Waals surface area contributed by atoms with Crippen LogP contribution >= 0.6 is 0 Å². The van der Waals surface area contributed by atoms with Crippen molar-refractivity contribution < 1.29 is 9.53 Å². The molecular formula is C35H43N7O2. The number of carbonyl (C=O) groups excluding carboxylic acids is 1. The smallest absolute Gasteiger partial charge is 0.255 e. The second-order valence-corrected chi connectivity index (χ2v) is 12.4. The molecule has 1 unspecified atom stereocenters. The van der Waals surface area contributed by atoms with Crippen LogP contribution in [0.1, 0.15) is 54.6 Å². The summed E-state index contributed by atoms with van der Waals surface area (Å²) >= 11 is 0. The van der Waals surface area contributed by atoms with Crippen LogP contribution in [0.15, 0.2) is 73.2 Å². The first-order chi connectivity index (χ1) is 21.3. The molecule has 0 radical (unpaired) electrons. The highest BCUT2D eigenvalue weighted by atomic mass is 16.5. The third kappa shape index (κ3) is 7.01. The molecule has 4 atom stereocenters. The molecule has 44 heavy (non-hydrogen) atoms. The van der Waals surface area contributed by atoms with Crippen molar-refractivity contribution in [3.8, 4) is 22.3 Å². The van der Waals surface area contributed by atoms with E-state index in [1.807, 2.05) is 13.2 Å². The van der Waals surface area contributed by atoms with E-state index in [4.69, 9.17) is 10.5 Å². The summed E-state index contributed by atoms with van der Waals surface area (Å²) in [4.78, 5) is 20.1. The van der Waals surface area contributed by atoms with E-state index in [1.165, 1.54) is 16.7 Å². The molecule has 1 saturated carbocycles. The van der Waals surface area contributed by atoms with Crippen LogP contribution in [0, 0.1) is 0 Å². The highest BCUT2D eigenvalue weighted by Gasteiger charge is 2.30. The molecule has 1 aliphatic carbocycles. The van der Waals surface area contributed by atoms with Gasteiger partial charge in [0.2, 0.25) is 0 Å². The van der Waals surface area contributed by atoms with Crippen molar-refractivity contribution in [3.63, 3.8) is 0 Å². The fraction of sp³-hybridized carbons (Fsp3) is 0.400. The Morgan fingerprint density at radius 1 is 1.00 bits per heavy atom. The quantitative estimate of drug-likeness (QED) is 0.256. The Balaban J connectivity index is 1.03. The van der Waals surface area contributed by atoms with Gasteiger partial charge in [-0.1, -0.05) is 48.5 Å². The number of pyridine rings is 1. The van der Waals surface area contributed by atoms with Gasteiger partial charge in [-0.15, -0.1) is 0 Å². The summed E-state index contributed by atoms with van der Waals surface area (Å²) in [6.45, 7) is 8.14. The average molecular weight is 594 g/mol. The SMILES string of the molecule is CC1CN[C@@H](C)CN1Cc1ccc(-c2ccc(CO[C@H]3CCC[C@@H]3NC(=O)c3cc(-c4cnn(C)c4)cnc3N)cc2)cc1. The number of nitrogens with one attached hydrogen (secondary N) is 2. The number of nitrogens with zero attached hydrogens (tertiary/aromatic N) is 4. The molecule has 1 amide bonds. The van der Waals surface area contributed by atoms with E-state index in [2.05, 4.69) is 88.0 Å². The Kier molecular flexibility index (Phi) is 9.07. The fourth-order valence-corrected chi connectivity index (χ4v) is 6.27. The molecule has 9 nitrogen and oxygen atoms in total. The Morgan fingerprint density at radius 3 is 2.43 bits per heavy atom. The van der Waals surface area contributed by atoms with Crippen molar-refractivity contribution in [3.05, 3.63) is 89.9 Å². The zero-order chi connectivity index (χ0) is 30.6. The number of aromatic nitrogens is 3. The van der Waals surface area contributed by atoms with E-state index in [0.717, 1.165) is 55.6 Å². The van der Waals surface area contributed by atoms with Gasteiger partial charge in [0.25, 0.3) is 5.91 Å². The maximum absolute atomic E-state index is 13.2. The molecule has 6 rings (SSSR count). The number of benzene rings is 2. The van der Waals surface area contributed by atoms with Crippen molar-refractivity contribution in [1.29, 1.82) is 0 Å². The van der Waals surface area contributed by atoms with E-state index >= 15 is 0 Å². The van der Waals surface area contributed by atoms with E-state index in [-0.39, 0.29) is 23.9 Å². The van der Waals surface area contributed by atoms with Gasteiger partial charge in [0, 0.05) is 62.3 Å². The van der Waals surface area contributed by atoms with Gasteiger partial charge in [-0.2, -0.15) is 5.10 Å². The minimum Gasteiger partial charge on any atom is -0.383 e. The van der Waals surface area contributed by atoms with Crippen LogP contribution in [-0.2, 0) is 24.9 Å². The fourth-order valence-electron chi connectivity index (χ4n) is 6.27. The van der Waals surface area contributed by atoms with E-state index in [1.54, 1.807) is 23.1 Å². The predicted octanol–water partition coefficient (Wildman–Crippen LogP) is 4.78. The maximum atomic E-state index is 13.2. The van der Waals surface area contributed by atoms with E-state index in [0.29, 0.717) is 24.3 Å². The van der Waals surface area contributed by atoms with Gasteiger partial charge < -0.3 is 21.1 Å². The molecule has 230 valence electrons. The number of nitrogens with two attached hydrogens (primary N) is 1. The molecule has 4 N–H and O–H groups in total. The number of ether oxygens (including phenoxy) is 1. The number of aryl methyl sites for hydroxylation is 1. The largest absolute Gasteiger partial charge is 0.383 e. The molecule has 2 fully saturated rings. The summed E-state index contributed by atoms with van der Waals surface area (Å²) in [6.07, 6.45) is 8.02. The number of rotatable bonds is 9. The van der Waals surface area contributed by atoms with E-state index in [9.17, 15) is 4.79 Å². The zero-order valence-corrected chi connectivity index (χ0v) is 25.9. The molecule has 2 aliphatic rings. The van der Waals surface area contributed by atoms with Crippen molar-refractivity contribution in [2.75, 3.05) is 18.8 Å². The first-order valence-electron chi connectivity index (χ1n) is 15.6. The summed E-state index contributed by atoms with van der Waals surface area (Å²) in [5.41, 5.74) is 13.0. The van der Waals surface area contributed by atoms with Gasteiger partial charge in [-0.25, -0.2) is 4.98 Å². The summed E-state index contributed by atoms with van der Waals surface area (Å²) in [5.74, 6) is -0.0160. The lowest BCUT2D eigenvalue weighted by Gasteiger charge is -2.37. The Labute approximate surface area is 259 Å². The second-order valence-electron chi connectivity index (χ2n) is 12.4. The third-order valence-electron chi connectivity index (χ3n) is 8.95. The monoisotopic (exact) mass is 593 g/mol. The second kappa shape index (κ2) is 13.3. The number of carbonyl (C=O) groups is 1. The topological polar surface area (TPSA) is 110 Å². The average Bonchev–Trinajstić information content (AvgIpc) is 3.67. The molecule has 3 heterocycles. The molecule has 2 aromatic heterocycles. The Bertz CT molecular complexity index is 1570. The van der Waals surface area contributed by atoms with Gasteiger partial charge in [-0.05, 0) is 61.4 Å². The van der Waals surface area contributed by atoms with Gasteiger partial charge >= 0.3 is 0 Å². The van der Waals surface area contributed by atoms with Crippen LogP contribution in [0.3, 0.4) is 0 Å².